The first kappa shape index (κ1) is 32.9. The molecule has 6 nitrogen and oxygen atoms in total. The summed E-state index contributed by atoms with van der Waals surface area (Å²) in [7, 11) is 0. The Balaban J connectivity index is 1.66. The summed E-state index contributed by atoms with van der Waals surface area (Å²) < 4.78 is 0. The Morgan fingerprint density at radius 3 is 1.73 bits per heavy atom. The average Bonchev–Trinajstić information content (AvgIpc) is 2.97. The van der Waals surface area contributed by atoms with Gasteiger partial charge in [-0.3, -0.25) is 19.2 Å². The van der Waals surface area contributed by atoms with Crippen LogP contribution in [0.1, 0.15) is 130 Å². The highest BCUT2D eigenvalue weighted by Crippen LogP contribution is 2.17. The molecule has 0 heterocycles. The Hall–Kier alpha value is -3.28. The largest absolute Gasteiger partial charge is 0.481 e. The van der Waals surface area contributed by atoms with Crippen LogP contribution < -0.4 is 5.32 Å². The van der Waals surface area contributed by atoms with Crippen molar-refractivity contribution in [3.63, 3.8) is 0 Å². The van der Waals surface area contributed by atoms with E-state index in [-0.39, 0.29) is 36.9 Å². The second-order valence-corrected chi connectivity index (χ2v) is 10.7. The molecule has 0 fully saturated rings. The molecule has 1 atom stereocenters. The van der Waals surface area contributed by atoms with Crippen LogP contribution in [0, 0.1) is 5.92 Å². The molecular formula is C34H47NO5. The van der Waals surface area contributed by atoms with E-state index in [2.05, 4.69) is 12.2 Å². The lowest BCUT2D eigenvalue weighted by atomic mass is 9.96. The molecule has 40 heavy (non-hydrogen) atoms. The molecule has 2 N–H and O–H groups in total. The molecule has 0 aliphatic carbocycles. The number of nitrogens with one attached hydrogen (secondary N) is 1. The van der Waals surface area contributed by atoms with Crippen molar-refractivity contribution in [2.75, 3.05) is 6.54 Å². The van der Waals surface area contributed by atoms with Crippen molar-refractivity contribution in [2.24, 2.45) is 5.92 Å². The van der Waals surface area contributed by atoms with Gasteiger partial charge in [-0.1, -0.05) is 139 Å². The highest BCUT2D eigenvalue weighted by molar-refractivity contribution is 6.09. The van der Waals surface area contributed by atoms with Gasteiger partial charge in [0.25, 0.3) is 0 Å². The van der Waals surface area contributed by atoms with Crippen molar-refractivity contribution in [1.29, 1.82) is 0 Å². The summed E-state index contributed by atoms with van der Waals surface area (Å²) in [5.74, 6) is -2.12. The maximum Gasteiger partial charge on any atom is 0.304 e. The van der Waals surface area contributed by atoms with Crippen molar-refractivity contribution in [3.8, 4) is 0 Å². The SMILES string of the molecule is CCCCCCCCCCCCCCC(CC(=O)O)C(=O)NCCC(=O)c1ccc(C(=O)c2ccccc2)cc1. The van der Waals surface area contributed by atoms with Gasteiger partial charge in [-0.15, -0.1) is 0 Å². The van der Waals surface area contributed by atoms with E-state index in [0.29, 0.717) is 23.1 Å². The van der Waals surface area contributed by atoms with Crippen LogP contribution >= 0.6 is 0 Å². The van der Waals surface area contributed by atoms with Crippen molar-refractivity contribution in [1.82, 2.24) is 5.32 Å². The molecule has 0 aliphatic rings. The zero-order valence-corrected chi connectivity index (χ0v) is 24.2. The molecule has 1 amide bonds. The van der Waals surface area contributed by atoms with E-state index in [1.165, 1.54) is 57.8 Å². The molecule has 0 radical (unpaired) electrons. The number of rotatable bonds is 22. The second-order valence-electron chi connectivity index (χ2n) is 10.7. The molecule has 1 unspecified atom stereocenters. The normalized spacial score (nSPS) is 11.6. The number of ketones is 2. The maximum atomic E-state index is 12.7. The van der Waals surface area contributed by atoms with E-state index < -0.39 is 11.9 Å². The molecule has 2 rings (SSSR count). The molecule has 2 aromatic carbocycles. The fourth-order valence-corrected chi connectivity index (χ4v) is 4.92. The summed E-state index contributed by atoms with van der Waals surface area (Å²) in [5.41, 5.74) is 1.56. The van der Waals surface area contributed by atoms with Crippen LogP contribution in [0.3, 0.4) is 0 Å². The van der Waals surface area contributed by atoms with Crippen LogP contribution in [0.25, 0.3) is 0 Å². The van der Waals surface area contributed by atoms with E-state index in [4.69, 9.17) is 0 Å². The predicted octanol–water partition coefficient (Wildman–Crippen LogP) is 7.79. The monoisotopic (exact) mass is 549 g/mol. The minimum atomic E-state index is -0.986. The molecule has 218 valence electrons. The summed E-state index contributed by atoms with van der Waals surface area (Å²) in [6, 6.07) is 15.5. The Bertz CT molecular complexity index is 1030. The quantitative estimate of drug-likeness (QED) is 0.115. The van der Waals surface area contributed by atoms with E-state index in [0.717, 1.165) is 19.3 Å². The lowest BCUT2D eigenvalue weighted by Crippen LogP contribution is -2.33. The van der Waals surface area contributed by atoms with Gasteiger partial charge >= 0.3 is 5.97 Å². The molecule has 0 spiro atoms. The number of carbonyl (C=O) groups excluding carboxylic acids is 3. The highest BCUT2D eigenvalue weighted by Gasteiger charge is 2.21. The first-order valence-electron chi connectivity index (χ1n) is 15.1. The van der Waals surface area contributed by atoms with Crippen molar-refractivity contribution in [2.45, 2.75) is 103 Å². The van der Waals surface area contributed by atoms with E-state index in [9.17, 15) is 24.3 Å². The molecule has 0 bridgehead atoms. The van der Waals surface area contributed by atoms with Gasteiger partial charge < -0.3 is 10.4 Å². The lowest BCUT2D eigenvalue weighted by molar-refractivity contribution is -0.141. The fraction of sp³-hybridized carbons (Fsp3) is 0.529. The number of benzene rings is 2. The van der Waals surface area contributed by atoms with Gasteiger partial charge in [-0.2, -0.15) is 0 Å². The summed E-state index contributed by atoms with van der Waals surface area (Å²) in [6.07, 6.45) is 15.1. The van der Waals surface area contributed by atoms with Gasteiger partial charge in [0.1, 0.15) is 0 Å². The average molecular weight is 550 g/mol. The summed E-state index contributed by atoms with van der Waals surface area (Å²) >= 11 is 0. The third kappa shape index (κ3) is 13.2. The third-order valence-electron chi connectivity index (χ3n) is 7.35. The minimum Gasteiger partial charge on any atom is -0.481 e. The minimum absolute atomic E-state index is 0.107. The molecule has 0 aliphatic heterocycles. The zero-order valence-electron chi connectivity index (χ0n) is 24.2. The molecule has 0 saturated heterocycles. The van der Waals surface area contributed by atoms with E-state index in [1.807, 2.05) is 6.07 Å². The number of carbonyl (C=O) groups is 4. The van der Waals surface area contributed by atoms with Gasteiger partial charge in [0.2, 0.25) is 5.91 Å². The Kier molecular flexibility index (Phi) is 16.2. The number of hydrogen-bond donors (Lipinski definition) is 2. The Morgan fingerprint density at radius 1 is 0.675 bits per heavy atom. The molecule has 6 heteroatoms. The van der Waals surface area contributed by atoms with Crippen molar-refractivity contribution < 1.29 is 24.3 Å². The number of carboxylic acid groups (broad SMARTS) is 1. The van der Waals surface area contributed by atoms with Crippen LogP contribution in [0.2, 0.25) is 0 Å². The van der Waals surface area contributed by atoms with Crippen LogP contribution in [0.4, 0.5) is 0 Å². The number of amides is 1. The van der Waals surface area contributed by atoms with Crippen LogP contribution in [-0.2, 0) is 9.59 Å². The van der Waals surface area contributed by atoms with Crippen LogP contribution in [-0.4, -0.2) is 35.1 Å². The van der Waals surface area contributed by atoms with E-state index >= 15 is 0 Å². The van der Waals surface area contributed by atoms with Crippen LogP contribution in [0.5, 0.6) is 0 Å². The number of hydrogen-bond acceptors (Lipinski definition) is 4. The number of unbranched alkanes of at least 4 members (excludes halogenated alkanes) is 11. The molecule has 0 aromatic heterocycles. The molecular weight excluding hydrogens is 502 g/mol. The summed E-state index contributed by atoms with van der Waals surface area (Å²) in [5, 5.41) is 12.0. The van der Waals surface area contributed by atoms with Crippen molar-refractivity contribution >= 4 is 23.4 Å². The topological polar surface area (TPSA) is 101 Å². The van der Waals surface area contributed by atoms with Gasteiger partial charge in [0.15, 0.2) is 11.6 Å². The standard InChI is InChI=1S/C34H47NO5/c1-2-3-4-5-6-7-8-9-10-11-12-14-19-30(26-32(37)38)34(40)35-25-24-31(36)27-20-22-29(23-21-27)33(39)28-17-15-13-16-18-28/h13,15-18,20-23,30H,2-12,14,19,24-26H2,1H3,(H,35,40)(H,37,38). The fourth-order valence-electron chi connectivity index (χ4n) is 4.92. The third-order valence-corrected chi connectivity index (χ3v) is 7.35. The highest BCUT2D eigenvalue weighted by atomic mass is 16.4. The van der Waals surface area contributed by atoms with Gasteiger partial charge in [0.05, 0.1) is 6.42 Å². The maximum absolute atomic E-state index is 12.7. The van der Waals surface area contributed by atoms with Gasteiger partial charge in [0, 0.05) is 35.6 Å². The van der Waals surface area contributed by atoms with E-state index in [1.54, 1.807) is 48.5 Å². The first-order valence-corrected chi connectivity index (χ1v) is 15.1. The number of aliphatic carboxylic acids is 1. The smallest absolute Gasteiger partial charge is 0.304 e. The van der Waals surface area contributed by atoms with Gasteiger partial charge in [-0.25, -0.2) is 0 Å². The lowest BCUT2D eigenvalue weighted by Gasteiger charge is -2.15. The Labute approximate surface area is 240 Å². The predicted molar refractivity (Wildman–Crippen MR) is 160 cm³/mol. The number of Topliss-reactive ketones (excluding diaryl/α,β-unsaturated/α-hetero) is 1. The Morgan fingerprint density at radius 2 is 1.18 bits per heavy atom. The first-order chi connectivity index (χ1) is 19.4. The molecule has 0 saturated carbocycles. The molecule has 2 aromatic rings. The number of carboxylic acids is 1. The van der Waals surface area contributed by atoms with Crippen molar-refractivity contribution in [3.05, 3.63) is 71.3 Å². The summed E-state index contributed by atoms with van der Waals surface area (Å²) in [4.78, 5) is 49.1. The zero-order chi connectivity index (χ0) is 29.0. The second kappa shape index (κ2) is 19.7. The van der Waals surface area contributed by atoms with Gasteiger partial charge in [-0.05, 0) is 6.42 Å². The summed E-state index contributed by atoms with van der Waals surface area (Å²) in [6.45, 7) is 2.39. The van der Waals surface area contributed by atoms with Crippen LogP contribution in [0.15, 0.2) is 54.6 Å².